The first-order chi connectivity index (χ1) is 11.0. The molecule has 0 spiro atoms. The van der Waals surface area contributed by atoms with Crippen molar-refractivity contribution in [3.05, 3.63) is 57.6 Å². The molecule has 0 radical (unpaired) electrons. The van der Waals surface area contributed by atoms with E-state index in [1.54, 1.807) is 38.5 Å². The van der Waals surface area contributed by atoms with E-state index in [9.17, 15) is 4.79 Å². The largest absolute Gasteiger partial charge is 0.493 e. The minimum atomic E-state index is -0.269. The molecule has 0 aliphatic heterocycles. The summed E-state index contributed by atoms with van der Waals surface area (Å²) in [5.41, 5.74) is 1.27. The summed E-state index contributed by atoms with van der Waals surface area (Å²) in [5.74, 6) is 0.972. The van der Waals surface area contributed by atoms with Crippen LogP contribution in [-0.4, -0.2) is 20.1 Å². The van der Waals surface area contributed by atoms with Gasteiger partial charge in [0.15, 0.2) is 11.5 Å². The second kappa shape index (κ2) is 7.57. The van der Waals surface area contributed by atoms with Gasteiger partial charge in [0.25, 0.3) is 5.91 Å². The second-order valence-corrected chi connectivity index (χ2v) is 5.78. The standard InChI is InChI=1S/C17H17Cl2NO3/c1-10(11-4-7-15(22-2)16(8-11)23-3)20-17(21)13-6-5-12(18)9-14(13)19/h4-10H,1-3H3,(H,20,21)/t10-/m0/s1. The molecule has 0 heterocycles. The van der Waals surface area contributed by atoms with Crippen LogP contribution in [0.4, 0.5) is 0 Å². The average molecular weight is 354 g/mol. The summed E-state index contributed by atoms with van der Waals surface area (Å²) in [6, 6.07) is 10.0. The van der Waals surface area contributed by atoms with Crippen molar-refractivity contribution in [2.45, 2.75) is 13.0 Å². The van der Waals surface area contributed by atoms with Crippen molar-refractivity contribution >= 4 is 29.1 Å². The van der Waals surface area contributed by atoms with Crippen LogP contribution in [0.3, 0.4) is 0 Å². The molecule has 6 heteroatoms. The Morgan fingerprint density at radius 3 is 2.35 bits per heavy atom. The van der Waals surface area contributed by atoms with Gasteiger partial charge in [-0.05, 0) is 42.8 Å². The van der Waals surface area contributed by atoms with E-state index < -0.39 is 0 Å². The summed E-state index contributed by atoms with van der Waals surface area (Å²) in [5, 5.41) is 3.70. The molecule has 1 atom stereocenters. The van der Waals surface area contributed by atoms with Crippen molar-refractivity contribution in [2.75, 3.05) is 14.2 Å². The lowest BCUT2D eigenvalue weighted by atomic mass is 10.1. The van der Waals surface area contributed by atoms with Gasteiger partial charge >= 0.3 is 0 Å². The van der Waals surface area contributed by atoms with Gasteiger partial charge in [0, 0.05) is 5.02 Å². The van der Waals surface area contributed by atoms with Crippen molar-refractivity contribution < 1.29 is 14.3 Å². The molecule has 4 nitrogen and oxygen atoms in total. The molecule has 1 N–H and O–H groups in total. The normalized spacial score (nSPS) is 11.7. The molecule has 0 bridgehead atoms. The topological polar surface area (TPSA) is 47.6 Å². The Balaban J connectivity index is 2.18. The molecule has 2 aromatic rings. The summed E-state index contributed by atoms with van der Waals surface area (Å²) in [4.78, 5) is 12.3. The number of carbonyl (C=O) groups is 1. The number of nitrogens with one attached hydrogen (secondary N) is 1. The fourth-order valence-electron chi connectivity index (χ4n) is 2.15. The first-order valence-electron chi connectivity index (χ1n) is 6.94. The van der Waals surface area contributed by atoms with Crippen LogP contribution in [0.1, 0.15) is 28.9 Å². The van der Waals surface area contributed by atoms with E-state index in [1.807, 2.05) is 19.1 Å². The maximum absolute atomic E-state index is 12.3. The fraction of sp³-hybridized carbons (Fsp3) is 0.235. The van der Waals surface area contributed by atoms with Gasteiger partial charge in [-0.2, -0.15) is 0 Å². The highest BCUT2D eigenvalue weighted by molar-refractivity contribution is 6.36. The smallest absolute Gasteiger partial charge is 0.253 e. The molecule has 0 saturated heterocycles. The third-order valence-electron chi connectivity index (χ3n) is 3.43. The number of methoxy groups -OCH3 is 2. The molecule has 0 aromatic heterocycles. The molecule has 0 saturated carbocycles. The van der Waals surface area contributed by atoms with Crippen LogP contribution in [0.5, 0.6) is 11.5 Å². The highest BCUT2D eigenvalue weighted by Gasteiger charge is 2.16. The fourth-order valence-corrected chi connectivity index (χ4v) is 2.65. The zero-order valence-electron chi connectivity index (χ0n) is 13.0. The minimum absolute atomic E-state index is 0.228. The number of rotatable bonds is 5. The zero-order chi connectivity index (χ0) is 17.0. The SMILES string of the molecule is COc1ccc([C@H](C)NC(=O)c2ccc(Cl)cc2Cl)cc1OC. The van der Waals surface area contributed by atoms with E-state index in [-0.39, 0.29) is 11.9 Å². The van der Waals surface area contributed by atoms with Gasteiger partial charge < -0.3 is 14.8 Å². The zero-order valence-corrected chi connectivity index (χ0v) is 14.5. The molecule has 2 rings (SSSR count). The first kappa shape index (κ1) is 17.4. The van der Waals surface area contributed by atoms with Crippen molar-refractivity contribution in [3.8, 4) is 11.5 Å². The molecular formula is C17H17Cl2NO3. The van der Waals surface area contributed by atoms with Gasteiger partial charge in [0.05, 0.1) is 30.8 Å². The number of benzene rings is 2. The molecule has 0 aliphatic rings. The predicted octanol–water partition coefficient (Wildman–Crippen LogP) is 4.50. The summed E-state index contributed by atoms with van der Waals surface area (Å²) >= 11 is 11.9. The van der Waals surface area contributed by atoms with Gasteiger partial charge in [-0.25, -0.2) is 0 Å². The molecule has 0 aliphatic carbocycles. The molecule has 23 heavy (non-hydrogen) atoms. The number of amides is 1. The van der Waals surface area contributed by atoms with Crippen LogP contribution in [0, 0.1) is 0 Å². The highest BCUT2D eigenvalue weighted by atomic mass is 35.5. The molecular weight excluding hydrogens is 337 g/mol. The minimum Gasteiger partial charge on any atom is -0.493 e. The maximum Gasteiger partial charge on any atom is 0.253 e. The van der Waals surface area contributed by atoms with Crippen LogP contribution < -0.4 is 14.8 Å². The van der Waals surface area contributed by atoms with Crippen LogP contribution in [0.15, 0.2) is 36.4 Å². The van der Waals surface area contributed by atoms with Crippen molar-refractivity contribution in [1.82, 2.24) is 5.32 Å². The van der Waals surface area contributed by atoms with Crippen LogP contribution in [-0.2, 0) is 0 Å². The third kappa shape index (κ3) is 4.09. The lowest BCUT2D eigenvalue weighted by Crippen LogP contribution is -2.26. The van der Waals surface area contributed by atoms with Crippen LogP contribution >= 0.6 is 23.2 Å². The van der Waals surface area contributed by atoms with E-state index in [4.69, 9.17) is 32.7 Å². The van der Waals surface area contributed by atoms with Crippen molar-refractivity contribution in [2.24, 2.45) is 0 Å². The maximum atomic E-state index is 12.3. The number of halogens is 2. The molecule has 122 valence electrons. The molecule has 0 unspecified atom stereocenters. The van der Waals surface area contributed by atoms with Gasteiger partial charge in [-0.1, -0.05) is 29.3 Å². The Labute approximate surface area is 145 Å². The Bertz CT molecular complexity index is 719. The van der Waals surface area contributed by atoms with E-state index in [2.05, 4.69) is 5.32 Å². The Kier molecular flexibility index (Phi) is 5.74. The van der Waals surface area contributed by atoms with Crippen molar-refractivity contribution in [1.29, 1.82) is 0 Å². The third-order valence-corrected chi connectivity index (χ3v) is 3.98. The number of hydrogen-bond donors (Lipinski definition) is 1. The Morgan fingerprint density at radius 2 is 1.74 bits per heavy atom. The first-order valence-corrected chi connectivity index (χ1v) is 7.69. The van der Waals surface area contributed by atoms with E-state index >= 15 is 0 Å². The number of carbonyl (C=O) groups excluding carboxylic acids is 1. The second-order valence-electron chi connectivity index (χ2n) is 4.93. The van der Waals surface area contributed by atoms with Crippen LogP contribution in [0.2, 0.25) is 10.0 Å². The van der Waals surface area contributed by atoms with Gasteiger partial charge in [0.1, 0.15) is 0 Å². The Morgan fingerprint density at radius 1 is 1.04 bits per heavy atom. The van der Waals surface area contributed by atoms with Gasteiger partial charge in [-0.15, -0.1) is 0 Å². The highest BCUT2D eigenvalue weighted by Crippen LogP contribution is 2.30. The van der Waals surface area contributed by atoms with Crippen LogP contribution in [0.25, 0.3) is 0 Å². The molecule has 2 aromatic carbocycles. The summed E-state index contributed by atoms with van der Waals surface area (Å²) in [6.07, 6.45) is 0. The van der Waals surface area contributed by atoms with E-state index in [1.165, 1.54) is 0 Å². The van der Waals surface area contributed by atoms with Crippen molar-refractivity contribution in [3.63, 3.8) is 0 Å². The number of hydrogen-bond acceptors (Lipinski definition) is 3. The molecule has 1 amide bonds. The average Bonchev–Trinajstić information content (AvgIpc) is 2.53. The lowest BCUT2D eigenvalue weighted by molar-refractivity contribution is 0.0940. The summed E-state index contributed by atoms with van der Waals surface area (Å²) in [7, 11) is 3.14. The van der Waals surface area contributed by atoms with Gasteiger partial charge in [-0.3, -0.25) is 4.79 Å². The predicted molar refractivity (Wildman–Crippen MR) is 91.9 cm³/mol. The summed E-state index contributed by atoms with van der Waals surface area (Å²) in [6.45, 7) is 1.88. The Hall–Kier alpha value is -1.91. The monoisotopic (exact) mass is 353 g/mol. The quantitative estimate of drug-likeness (QED) is 0.860. The summed E-state index contributed by atoms with van der Waals surface area (Å²) < 4.78 is 10.5. The number of ether oxygens (including phenoxy) is 2. The van der Waals surface area contributed by atoms with E-state index in [0.29, 0.717) is 27.1 Å². The lowest BCUT2D eigenvalue weighted by Gasteiger charge is -2.17. The van der Waals surface area contributed by atoms with E-state index in [0.717, 1.165) is 5.56 Å². The molecule has 0 fully saturated rings. The van der Waals surface area contributed by atoms with Gasteiger partial charge in [0.2, 0.25) is 0 Å².